The SMILES string of the molecule is CCOC(=O)/C=C/CNCC(O)COC. The van der Waals surface area contributed by atoms with E-state index in [0.29, 0.717) is 26.3 Å². The molecule has 2 N–H and O–H groups in total. The van der Waals surface area contributed by atoms with Crippen LogP contribution in [0.3, 0.4) is 0 Å². The molecule has 1 atom stereocenters. The second kappa shape index (κ2) is 9.64. The normalized spacial score (nSPS) is 13.0. The molecular formula is C10H19NO4. The first-order valence-corrected chi connectivity index (χ1v) is 4.91. The van der Waals surface area contributed by atoms with Gasteiger partial charge in [0.2, 0.25) is 0 Å². The van der Waals surface area contributed by atoms with E-state index in [9.17, 15) is 9.90 Å². The fraction of sp³-hybridized carbons (Fsp3) is 0.700. The molecule has 0 aromatic heterocycles. The third-order valence-electron chi connectivity index (χ3n) is 1.54. The first-order valence-electron chi connectivity index (χ1n) is 4.91. The van der Waals surface area contributed by atoms with Gasteiger partial charge >= 0.3 is 5.97 Å². The lowest BCUT2D eigenvalue weighted by molar-refractivity contribution is -0.137. The van der Waals surface area contributed by atoms with Crippen LogP contribution in [0.25, 0.3) is 0 Å². The van der Waals surface area contributed by atoms with E-state index in [0.717, 1.165) is 0 Å². The van der Waals surface area contributed by atoms with Gasteiger partial charge < -0.3 is 19.9 Å². The van der Waals surface area contributed by atoms with Crippen LogP contribution >= 0.6 is 0 Å². The molecule has 0 aromatic rings. The highest BCUT2D eigenvalue weighted by atomic mass is 16.5. The molecule has 1 unspecified atom stereocenters. The number of carbonyl (C=O) groups is 1. The lowest BCUT2D eigenvalue weighted by Crippen LogP contribution is -2.30. The third kappa shape index (κ3) is 9.40. The summed E-state index contributed by atoms with van der Waals surface area (Å²) in [6.07, 6.45) is 2.49. The highest BCUT2D eigenvalue weighted by Crippen LogP contribution is 1.82. The molecule has 0 fully saturated rings. The van der Waals surface area contributed by atoms with E-state index in [-0.39, 0.29) is 5.97 Å². The maximum absolute atomic E-state index is 10.8. The van der Waals surface area contributed by atoms with E-state index in [2.05, 4.69) is 10.1 Å². The van der Waals surface area contributed by atoms with E-state index in [1.165, 1.54) is 13.2 Å². The quantitative estimate of drug-likeness (QED) is 0.332. The Morgan fingerprint density at radius 3 is 2.93 bits per heavy atom. The summed E-state index contributed by atoms with van der Waals surface area (Å²) < 4.78 is 9.43. The van der Waals surface area contributed by atoms with Crippen molar-refractivity contribution < 1.29 is 19.4 Å². The van der Waals surface area contributed by atoms with Crippen LogP contribution in [0.5, 0.6) is 0 Å². The van der Waals surface area contributed by atoms with Gasteiger partial charge in [-0.15, -0.1) is 0 Å². The van der Waals surface area contributed by atoms with E-state index in [4.69, 9.17) is 4.74 Å². The van der Waals surface area contributed by atoms with Crippen molar-refractivity contribution in [2.75, 3.05) is 33.4 Å². The van der Waals surface area contributed by atoms with Crippen molar-refractivity contribution in [2.24, 2.45) is 0 Å². The van der Waals surface area contributed by atoms with Crippen LogP contribution in [0.4, 0.5) is 0 Å². The van der Waals surface area contributed by atoms with Gasteiger partial charge in [-0.05, 0) is 6.92 Å². The van der Waals surface area contributed by atoms with Gasteiger partial charge in [0.15, 0.2) is 0 Å². The number of rotatable bonds is 8. The third-order valence-corrected chi connectivity index (χ3v) is 1.54. The van der Waals surface area contributed by atoms with Gasteiger partial charge in [-0.3, -0.25) is 0 Å². The summed E-state index contributed by atoms with van der Waals surface area (Å²) in [5, 5.41) is 12.2. The number of methoxy groups -OCH3 is 1. The van der Waals surface area contributed by atoms with Crippen LogP contribution in [0, 0.1) is 0 Å². The Labute approximate surface area is 90.1 Å². The molecular weight excluding hydrogens is 198 g/mol. The average molecular weight is 217 g/mol. The molecule has 0 aliphatic carbocycles. The maximum Gasteiger partial charge on any atom is 0.330 e. The minimum absolute atomic E-state index is 0.300. The van der Waals surface area contributed by atoms with Crippen LogP contribution in [0.15, 0.2) is 12.2 Å². The summed E-state index contributed by atoms with van der Waals surface area (Å²) in [5.41, 5.74) is 0. The summed E-state index contributed by atoms with van der Waals surface area (Å²) in [6, 6.07) is 0. The van der Waals surface area contributed by atoms with Crippen molar-refractivity contribution in [3.05, 3.63) is 12.2 Å². The van der Waals surface area contributed by atoms with Gasteiger partial charge in [0, 0.05) is 26.3 Å². The smallest absolute Gasteiger partial charge is 0.330 e. The zero-order chi connectivity index (χ0) is 11.5. The molecule has 88 valence electrons. The highest BCUT2D eigenvalue weighted by molar-refractivity contribution is 5.81. The maximum atomic E-state index is 10.8. The molecule has 5 nitrogen and oxygen atoms in total. The summed E-state index contributed by atoms with van der Waals surface area (Å²) in [6.45, 7) is 3.38. The summed E-state index contributed by atoms with van der Waals surface area (Å²) in [5.74, 6) is -0.350. The largest absolute Gasteiger partial charge is 0.463 e. The van der Waals surface area contributed by atoms with Crippen molar-refractivity contribution >= 4 is 5.97 Å². The fourth-order valence-corrected chi connectivity index (χ4v) is 0.930. The van der Waals surface area contributed by atoms with Gasteiger partial charge in [-0.25, -0.2) is 4.79 Å². The number of ether oxygens (including phenoxy) is 2. The van der Waals surface area contributed by atoms with Gasteiger partial charge in [-0.2, -0.15) is 0 Å². The molecule has 0 amide bonds. The Hall–Kier alpha value is -0.910. The van der Waals surface area contributed by atoms with Crippen LogP contribution in [-0.2, 0) is 14.3 Å². The van der Waals surface area contributed by atoms with Crippen molar-refractivity contribution in [3.63, 3.8) is 0 Å². The molecule has 0 aromatic carbocycles. The predicted molar refractivity (Wildman–Crippen MR) is 56.5 cm³/mol. The number of carbonyl (C=O) groups excluding carboxylic acids is 1. The number of hydrogen-bond donors (Lipinski definition) is 2. The molecule has 0 aliphatic rings. The Balaban J connectivity index is 3.41. The van der Waals surface area contributed by atoms with Crippen LogP contribution in [0.1, 0.15) is 6.92 Å². The number of hydrogen-bond acceptors (Lipinski definition) is 5. The van der Waals surface area contributed by atoms with Gasteiger partial charge in [0.25, 0.3) is 0 Å². The van der Waals surface area contributed by atoms with E-state index in [1.54, 1.807) is 13.0 Å². The molecule has 0 aliphatic heterocycles. The van der Waals surface area contributed by atoms with Crippen molar-refractivity contribution in [1.82, 2.24) is 5.32 Å². The zero-order valence-corrected chi connectivity index (χ0v) is 9.23. The molecule has 5 heteroatoms. The Kier molecular flexibility index (Phi) is 9.05. The molecule has 0 saturated heterocycles. The summed E-state index contributed by atoms with van der Waals surface area (Å²) in [7, 11) is 1.53. The summed E-state index contributed by atoms with van der Waals surface area (Å²) >= 11 is 0. The van der Waals surface area contributed by atoms with Crippen LogP contribution in [0.2, 0.25) is 0 Å². The molecule has 0 rings (SSSR count). The fourth-order valence-electron chi connectivity index (χ4n) is 0.930. The minimum Gasteiger partial charge on any atom is -0.463 e. The Morgan fingerprint density at radius 1 is 1.60 bits per heavy atom. The number of aliphatic hydroxyl groups excluding tert-OH is 1. The predicted octanol–water partition coefficient (Wildman–Crippen LogP) is -0.297. The van der Waals surface area contributed by atoms with Gasteiger partial charge in [0.1, 0.15) is 0 Å². The second-order valence-electron chi connectivity index (χ2n) is 2.92. The van der Waals surface area contributed by atoms with Crippen LogP contribution < -0.4 is 5.32 Å². The number of aliphatic hydroxyl groups is 1. The monoisotopic (exact) mass is 217 g/mol. The number of esters is 1. The minimum atomic E-state index is -0.522. The standard InChI is InChI=1S/C10H19NO4/c1-3-15-10(13)5-4-6-11-7-9(12)8-14-2/h4-5,9,11-12H,3,6-8H2,1-2H3/b5-4+. The lowest BCUT2D eigenvalue weighted by Gasteiger charge is -2.08. The summed E-state index contributed by atoms with van der Waals surface area (Å²) in [4.78, 5) is 10.8. The highest BCUT2D eigenvalue weighted by Gasteiger charge is 2.00. The molecule has 15 heavy (non-hydrogen) atoms. The van der Waals surface area contributed by atoms with Gasteiger partial charge in [-0.1, -0.05) is 6.08 Å². The van der Waals surface area contributed by atoms with E-state index in [1.807, 2.05) is 0 Å². The van der Waals surface area contributed by atoms with E-state index < -0.39 is 6.10 Å². The van der Waals surface area contributed by atoms with Crippen molar-refractivity contribution in [2.45, 2.75) is 13.0 Å². The molecule has 0 heterocycles. The van der Waals surface area contributed by atoms with E-state index >= 15 is 0 Å². The van der Waals surface area contributed by atoms with Gasteiger partial charge in [0.05, 0.1) is 19.3 Å². The lowest BCUT2D eigenvalue weighted by atomic mass is 10.3. The second-order valence-corrected chi connectivity index (χ2v) is 2.92. The molecule has 0 bridgehead atoms. The first-order chi connectivity index (χ1) is 7.20. The van der Waals surface area contributed by atoms with Crippen LogP contribution in [-0.4, -0.2) is 50.6 Å². The first kappa shape index (κ1) is 14.1. The molecule has 0 spiro atoms. The van der Waals surface area contributed by atoms with Crippen molar-refractivity contribution in [3.8, 4) is 0 Å². The zero-order valence-electron chi connectivity index (χ0n) is 9.23. The number of nitrogens with one attached hydrogen (secondary N) is 1. The average Bonchev–Trinajstić information content (AvgIpc) is 2.18. The molecule has 0 radical (unpaired) electrons. The van der Waals surface area contributed by atoms with Crippen molar-refractivity contribution in [1.29, 1.82) is 0 Å². The Bertz CT molecular complexity index is 194. The Morgan fingerprint density at radius 2 is 2.33 bits per heavy atom. The molecule has 0 saturated carbocycles. The topological polar surface area (TPSA) is 67.8 Å².